The summed E-state index contributed by atoms with van der Waals surface area (Å²) < 4.78 is 9.37. The molecule has 0 fully saturated rings. The molecule has 0 atom stereocenters. The molecule has 0 aliphatic heterocycles. The molecule has 11 heavy (non-hydrogen) atoms. The van der Waals surface area contributed by atoms with E-state index in [0.29, 0.717) is 5.76 Å². The van der Waals surface area contributed by atoms with Crippen LogP contribution in [0.5, 0.6) is 0 Å². The van der Waals surface area contributed by atoms with Crippen molar-refractivity contribution in [2.24, 2.45) is 0 Å². The van der Waals surface area contributed by atoms with Crippen molar-refractivity contribution in [1.82, 2.24) is 0 Å². The van der Waals surface area contributed by atoms with E-state index in [2.05, 4.69) is 4.74 Å². The minimum atomic E-state index is -0.410. The molecule has 0 heterocycles. The van der Waals surface area contributed by atoms with Gasteiger partial charge in [-0.3, -0.25) is 0 Å². The van der Waals surface area contributed by atoms with E-state index in [9.17, 15) is 4.79 Å². The van der Waals surface area contributed by atoms with Crippen LogP contribution in [0.3, 0.4) is 0 Å². The molecule has 3 nitrogen and oxygen atoms in total. The lowest BCUT2D eigenvalue weighted by Gasteiger charge is -2.06. The molecular formula is C8H14O3. The Balaban J connectivity index is 4.50. The smallest absolute Gasteiger partial charge is 0.373 e. The Morgan fingerprint density at radius 2 is 1.82 bits per heavy atom. The van der Waals surface area contributed by atoms with Crippen LogP contribution < -0.4 is 0 Å². The molecule has 0 spiro atoms. The maximum Gasteiger partial charge on any atom is 0.373 e. The van der Waals surface area contributed by atoms with Crippen LogP contribution in [-0.4, -0.2) is 20.2 Å². The van der Waals surface area contributed by atoms with Gasteiger partial charge in [0.25, 0.3) is 0 Å². The number of carbonyl (C=O) groups excluding carboxylic acids is 1. The van der Waals surface area contributed by atoms with Crippen molar-refractivity contribution >= 4 is 5.97 Å². The summed E-state index contributed by atoms with van der Waals surface area (Å²) in [6.45, 7) is 3.80. The number of allylic oxidation sites excluding steroid dienone is 1. The zero-order chi connectivity index (χ0) is 8.85. The summed E-state index contributed by atoms with van der Waals surface area (Å²) >= 11 is 0. The molecule has 64 valence electrons. The molecule has 0 unspecified atom stereocenters. The van der Waals surface area contributed by atoms with Crippen LogP contribution in [0.4, 0.5) is 0 Å². The summed E-state index contributed by atoms with van der Waals surface area (Å²) in [4.78, 5) is 10.9. The Morgan fingerprint density at radius 3 is 2.09 bits per heavy atom. The Hall–Kier alpha value is -0.990. The standard InChI is InChI=1S/C8H14O3/c1-5-6(2)7(10-3)8(9)11-4/h5H2,1-4H3/b7-6-. The molecule has 0 aromatic heterocycles. The predicted octanol–water partition coefficient (Wildman–Crippen LogP) is 1.49. The van der Waals surface area contributed by atoms with E-state index >= 15 is 0 Å². The van der Waals surface area contributed by atoms with Crippen LogP contribution in [0.25, 0.3) is 0 Å². The second-order valence-electron chi connectivity index (χ2n) is 2.16. The number of carbonyl (C=O) groups is 1. The molecule has 0 rings (SSSR count). The molecular weight excluding hydrogens is 144 g/mol. The minimum Gasteiger partial charge on any atom is -0.490 e. The molecule has 0 bridgehead atoms. The molecule has 0 radical (unpaired) electrons. The van der Waals surface area contributed by atoms with Gasteiger partial charge in [0, 0.05) is 0 Å². The van der Waals surface area contributed by atoms with Gasteiger partial charge in [-0.1, -0.05) is 6.92 Å². The van der Waals surface area contributed by atoms with Gasteiger partial charge in [-0.25, -0.2) is 4.79 Å². The Morgan fingerprint density at radius 1 is 1.27 bits per heavy atom. The van der Waals surface area contributed by atoms with Crippen LogP contribution in [0.15, 0.2) is 11.3 Å². The van der Waals surface area contributed by atoms with Crippen LogP contribution in [0.2, 0.25) is 0 Å². The highest BCUT2D eigenvalue weighted by atomic mass is 16.6. The highest BCUT2D eigenvalue weighted by molar-refractivity contribution is 5.86. The Labute approximate surface area is 67.0 Å². The summed E-state index contributed by atoms with van der Waals surface area (Å²) in [6, 6.07) is 0. The molecule has 0 amide bonds. The molecule has 0 aromatic carbocycles. The van der Waals surface area contributed by atoms with E-state index in [1.807, 2.05) is 13.8 Å². The van der Waals surface area contributed by atoms with Crippen molar-refractivity contribution in [3.05, 3.63) is 11.3 Å². The monoisotopic (exact) mass is 158 g/mol. The first-order valence-electron chi connectivity index (χ1n) is 3.49. The lowest BCUT2D eigenvalue weighted by molar-refractivity contribution is -0.139. The Bertz CT molecular complexity index is 170. The lowest BCUT2D eigenvalue weighted by atomic mass is 10.2. The van der Waals surface area contributed by atoms with E-state index in [1.165, 1.54) is 14.2 Å². The second kappa shape index (κ2) is 4.77. The van der Waals surface area contributed by atoms with Gasteiger partial charge in [-0.05, 0) is 18.9 Å². The number of ether oxygens (including phenoxy) is 2. The van der Waals surface area contributed by atoms with Crippen LogP contribution in [0.1, 0.15) is 20.3 Å². The first-order valence-corrected chi connectivity index (χ1v) is 3.49. The van der Waals surface area contributed by atoms with Crippen molar-refractivity contribution in [3.63, 3.8) is 0 Å². The Kier molecular flexibility index (Phi) is 4.34. The van der Waals surface area contributed by atoms with Crippen molar-refractivity contribution < 1.29 is 14.3 Å². The third-order valence-electron chi connectivity index (χ3n) is 1.49. The summed E-state index contributed by atoms with van der Waals surface area (Å²) in [5.74, 6) is -0.0955. The van der Waals surface area contributed by atoms with Gasteiger partial charge < -0.3 is 9.47 Å². The van der Waals surface area contributed by atoms with Crippen LogP contribution in [-0.2, 0) is 14.3 Å². The molecule has 0 saturated carbocycles. The molecule has 0 N–H and O–H groups in total. The molecule has 0 aromatic rings. The lowest BCUT2D eigenvalue weighted by Crippen LogP contribution is -2.08. The average molecular weight is 158 g/mol. The number of hydrogen-bond acceptors (Lipinski definition) is 3. The van der Waals surface area contributed by atoms with Gasteiger partial charge in [0.05, 0.1) is 14.2 Å². The average Bonchev–Trinajstić information content (AvgIpc) is 2.05. The highest BCUT2D eigenvalue weighted by Crippen LogP contribution is 2.09. The van der Waals surface area contributed by atoms with Gasteiger partial charge >= 0.3 is 5.97 Å². The fourth-order valence-electron chi connectivity index (χ4n) is 0.685. The van der Waals surface area contributed by atoms with Gasteiger partial charge in [-0.15, -0.1) is 0 Å². The predicted molar refractivity (Wildman–Crippen MR) is 42.0 cm³/mol. The minimum absolute atomic E-state index is 0.315. The number of hydrogen-bond donors (Lipinski definition) is 0. The van der Waals surface area contributed by atoms with Gasteiger partial charge in [0.15, 0.2) is 0 Å². The van der Waals surface area contributed by atoms with Crippen LogP contribution >= 0.6 is 0 Å². The van der Waals surface area contributed by atoms with Crippen molar-refractivity contribution in [2.75, 3.05) is 14.2 Å². The van der Waals surface area contributed by atoms with E-state index in [4.69, 9.17) is 4.74 Å². The third kappa shape index (κ3) is 2.62. The maximum absolute atomic E-state index is 10.9. The number of esters is 1. The molecule has 0 aliphatic rings. The zero-order valence-electron chi connectivity index (χ0n) is 7.43. The summed E-state index contributed by atoms with van der Waals surface area (Å²) in [7, 11) is 2.80. The van der Waals surface area contributed by atoms with E-state index in [-0.39, 0.29) is 0 Å². The maximum atomic E-state index is 10.9. The fourth-order valence-corrected chi connectivity index (χ4v) is 0.685. The fraction of sp³-hybridized carbons (Fsp3) is 0.625. The van der Waals surface area contributed by atoms with E-state index in [1.54, 1.807) is 0 Å². The van der Waals surface area contributed by atoms with E-state index < -0.39 is 5.97 Å². The summed E-state index contributed by atoms with van der Waals surface area (Å²) in [5, 5.41) is 0. The normalized spacial score (nSPS) is 12.0. The molecule has 0 aliphatic carbocycles. The van der Waals surface area contributed by atoms with Gasteiger partial charge in [0.2, 0.25) is 5.76 Å². The van der Waals surface area contributed by atoms with E-state index in [0.717, 1.165) is 12.0 Å². The second-order valence-corrected chi connectivity index (χ2v) is 2.16. The topological polar surface area (TPSA) is 35.5 Å². The van der Waals surface area contributed by atoms with Crippen molar-refractivity contribution in [3.8, 4) is 0 Å². The van der Waals surface area contributed by atoms with Gasteiger partial charge in [0.1, 0.15) is 0 Å². The first-order chi connectivity index (χ1) is 5.17. The van der Waals surface area contributed by atoms with Crippen LogP contribution in [0, 0.1) is 0 Å². The summed E-state index contributed by atoms with van der Waals surface area (Å²) in [5.41, 5.74) is 0.902. The van der Waals surface area contributed by atoms with Gasteiger partial charge in [-0.2, -0.15) is 0 Å². The third-order valence-corrected chi connectivity index (χ3v) is 1.49. The summed E-state index contributed by atoms with van der Waals surface area (Å²) in [6.07, 6.45) is 0.790. The van der Waals surface area contributed by atoms with Crippen molar-refractivity contribution in [2.45, 2.75) is 20.3 Å². The number of methoxy groups -OCH3 is 2. The quantitative estimate of drug-likeness (QED) is 0.354. The zero-order valence-corrected chi connectivity index (χ0v) is 7.43. The largest absolute Gasteiger partial charge is 0.490 e. The highest BCUT2D eigenvalue weighted by Gasteiger charge is 2.11. The SMILES string of the molecule is CC/C(C)=C(\OC)C(=O)OC. The first kappa shape index (κ1) is 10.0. The number of rotatable bonds is 3. The molecule has 3 heteroatoms. The van der Waals surface area contributed by atoms with Crippen molar-refractivity contribution in [1.29, 1.82) is 0 Å². The molecule has 0 saturated heterocycles.